The van der Waals surface area contributed by atoms with E-state index in [1.165, 1.54) is 17.8 Å². The smallest absolute Gasteiger partial charge is 0.336 e. The lowest BCUT2D eigenvalue weighted by Crippen LogP contribution is -1.99. The molecule has 5 heteroatoms. The number of fused-ring (bicyclic) bond motifs is 1. The Labute approximate surface area is 133 Å². The van der Waals surface area contributed by atoms with Gasteiger partial charge in [-0.3, -0.25) is 0 Å². The Balaban J connectivity index is 1.97. The summed E-state index contributed by atoms with van der Waals surface area (Å²) in [5, 5.41) is 10.7. The highest BCUT2D eigenvalue weighted by atomic mass is 79.9. The van der Waals surface area contributed by atoms with Gasteiger partial charge < -0.3 is 9.52 Å². The zero-order chi connectivity index (χ0) is 14.8. The Bertz CT molecular complexity index is 858. The maximum atomic E-state index is 11.7. The highest BCUT2D eigenvalue weighted by molar-refractivity contribution is 9.10. The number of hydrogen-bond donors (Lipinski definition) is 1. The molecule has 1 aromatic heterocycles. The predicted octanol–water partition coefficient (Wildman–Crippen LogP) is 4.55. The molecule has 0 bridgehead atoms. The van der Waals surface area contributed by atoms with E-state index in [1.807, 2.05) is 24.3 Å². The maximum Gasteiger partial charge on any atom is 0.336 e. The van der Waals surface area contributed by atoms with Crippen LogP contribution < -0.4 is 5.63 Å². The van der Waals surface area contributed by atoms with Crippen molar-refractivity contribution in [3.8, 4) is 5.75 Å². The Morgan fingerprint density at radius 1 is 1.14 bits per heavy atom. The zero-order valence-electron chi connectivity index (χ0n) is 10.9. The van der Waals surface area contributed by atoms with Crippen LogP contribution in [0.3, 0.4) is 0 Å². The Morgan fingerprint density at radius 3 is 2.76 bits per heavy atom. The molecule has 0 atom stereocenters. The number of phenolic OH excluding ortho intramolecular Hbond substituents is 1. The lowest BCUT2D eigenvalue weighted by Gasteiger charge is -2.07. The normalized spacial score (nSPS) is 10.9. The summed E-state index contributed by atoms with van der Waals surface area (Å²) < 4.78 is 6.08. The van der Waals surface area contributed by atoms with E-state index in [-0.39, 0.29) is 11.4 Å². The van der Waals surface area contributed by atoms with E-state index in [2.05, 4.69) is 15.9 Å². The van der Waals surface area contributed by atoms with Gasteiger partial charge in [-0.2, -0.15) is 0 Å². The first-order chi connectivity index (χ1) is 10.1. The first-order valence-corrected chi connectivity index (χ1v) is 8.04. The summed E-state index contributed by atoms with van der Waals surface area (Å²) in [5.74, 6) is 0.832. The molecule has 106 valence electrons. The highest BCUT2D eigenvalue weighted by Gasteiger charge is 2.08. The van der Waals surface area contributed by atoms with Gasteiger partial charge in [0.2, 0.25) is 0 Å². The Kier molecular flexibility index (Phi) is 4.03. The monoisotopic (exact) mass is 362 g/mol. The van der Waals surface area contributed by atoms with Crippen LogP contribution in [-0.2, 0) is 5.75 Å². The third-order valence-electron chi connectivity index (χ3n) is 3.04. The van der Waals surface area contributed by atoms with E-state index in [4.69, 9.17) is 4.42 Å². The Morgan fingerprint density at radius 2 is 1.95 bits per heavy atom. The lowest BCUT2D eigenvalue weighted by molar-refractivity contribution is 0.462. The molecule has 0 aliphatic carbocycles. The fourth-order valence-corrected chi connectivity index (χ4v) is 3.34. The van der Waals surface area contributed by atoms with Crippen LogP contribution in [0.25, 0.3) is 11.0 Å². The minimum absolute atomic E-state index is 0.248. The molecule has 3 aromatic rings. The van der Waals surface area contributed by atoms with Gasteiger partial charge in [0.15, 0.2) is 0 Å². The van der Waals surface area contributed by atoms with Crippen LogP contribution in [0.5, 0.6) is 5.75 Å². The average molecular weight is 363 g/mol. The number of benzene rings is 2. The first kappa shape index (κ1) is 14.2. The quantitative estimate of drug-likeness (QED) is 0.548. The van der Waals surface area contributed by atoms with E-state index in [0.29, 0.717) is 11.3 Å². The van der Waals surface area contributed by atoms with Crippen molar-refractivity contribution < 1.29 is 9.52 Å². The molecule has 21 heavy (non-hydrogen) atoms. The van der Waals surface area contributed by atoms with Gasteiger partial charge in [0, 0.05) is 26.6 Å². The van der Waals surface area contributed by atoms with Gasteiger partial charge in [-0.05, 0) is 35.9 Å². The summed E-state index contributed by atoms with van der Waals surface area (Å²) >= 11 is 4.85. The molecule has 1 heterocycles. The van der Waals surface area contributed by atoms with Crippen LogP contribution in [0, 0.1) is 0 Å². The molecule has 3 rings (SSSR count). The second kappa shape index (κ2) is 5.95. The fourth-order valence-electron chi connectivity index (χ4n) is 2.06. The summed E-state index contributed by atoms with van der Waals surface area (Å²) in [7, 11) is 0. The molecule has 0 fully saturated rings. The van der Waals surface area contributed by atoms with Crippen molar-refractivity contribution in [2.45, 2.75) is 10.6 Å². The Hall–Kier alpha value is -1.72. The number of para-hydroxylation sites is 1. The van der Waals surface area contributed by atoms with E-state index in [1.54, 1.807) is 18.2 Å². The SMILES string of the molecule is O=c1cc(CSc2ccccc2O)c2ccc(Br)cc2o1. The highest BCUT2D eigenvalue weighted by Crippen LogP contribution is 2.32. The van der Waals surface area contributed by atoms with Gasteiger partial charge in [0.05, 0.1) is 0 Å². The summed E-state index contributed by atoms with van der Waals surface area (Å²) in [6, 6.07) is 14.3. The van der Waals surface area contributed by atoms with Gasteiger partial charge in [-0.15, -0.1) is 11.8 Å². The zero-order valence-corrected chi connectivity index (χ0v) is 13.3. The minimum Gasteiger partial charge on any atom is -0.507 e. The first-order valence-electron chi connectivity index (χ1n) is 6.26. The van der Waals surface area contributed by atoms with E-state index < -0.39 is 0 Å². The number of aromatic hydroxyl groups is 1. The molecular formula is C16H11BrO3S. The molecule has 0 unspecified atom stereocenters. The minimum atomic E-state index is -0.367. The summed E-state index contributed by atoms with van der Waals surface area (Å²) in [6.45, 7) is 0. The van der Waals surface area contributed by atoms with Crippen LogP contribution in [0.1, 0.15) is 5.56 Å². The van der Waals surface area contributed by atoms with Crippen molar-refractivity contribution in [1.82, 2.24) is 0 Å². The van der Waals surface area contributed by atoms with E-state index in [9.17, 15) is 9.90 Å². The van der Waals surface area contributed by atoms with E-state index >= 15 is 0 Å². The van der Waals surface area contributed by atoms with Gasteiger partial charge in [0.1, 0.15) is 11.3 Å². The summed E-state index contributed by atoms with van der Waals surface area (Å²) in [5.41, 5.74) is 1.08. The van der Waals surface area contributed by atoms with Gasteiger partial charge in [0.25, 0.3) is 0 Å². The third-order valence-corrected chi connectivity index (χ3v) is 4.65. The van der Waals surface area contributed by atoms with Crippen LogP contribution in [-0.4, -0.2) is 5.11 Å². The fraction of sp³-hybridized carbons (Fsp3) is 0.0625. The third kappa shape index (κ3) is 3.14. The van der Waals surface area contributed by atoms with Gasteiger partial charge >= 0.3 is 5.63 Å². The molecule has 0 amide bonds. The van der Waals surface area contributed by atoms with Gasteiger partial charge in [-0.25, -0.2) is 4.79 Å². The number of thioether (sulfide) groups is 1. The molecule has 0 radical (unpaired) electrons. The molecule has 3 nitrogen and oxygen atoms in total. The number of rotatable bonds is 3. The lowest BCUT2D eigenvalue weighted by atomic mass is 10.1. The van der Waals surface area contributed by atoms with Crippen molar-refractivity contribution in [1.29, 1.82) is 0 Å². The number of halogens is 1. The largest absolute Gasteiger partial charge is 0.507 e. The molecule has 0 saturated heterocycles. The number of hydrogen-bond acceptors (Lipinski definition) is 4. The molecule has 0 saturated carbocycles. The van der Waals surface area contributed by atoms with Crippen molar-refractivity contribution in [2.75, 3.05) is 0 Å². The second-order valence-corrected chi connectivity index (χ2v) is 6.42. The number of phenols is 1. The standard InChI is InChI=1S/C16H11BrO3S/c17-11-5-6-12-10(7-16(19)20-14(12)8-11)9-21-15-4-2-1-3-13(15)18/h1-8,18H,9H2. The van der Waals surface area contributed by atoms with Crippen LogP contribution in [0.4, 0.5) is 0 Å². The van der Waals surface area contributed by atoms with Crippen LogP contribution >= 0.6 is 27.7 Å². The van der Waals surface area contributed by atoms with Gasteiger partial charge in [-0.1, -0.05) is 28.1 Å². The average Bonchev–Trinajstić information content (AvgIpc) is 2.45. The van der Waals surface area contributed by atoms with E-state index in [0.717, 1.165) is 20.3 Å². The van der Waals surface area contributed by atoms with Crippen molar-refractivity contribution >= 4 is 38.7 Å². The van der Waals surface area contributed by atoms with Crippen LogP contribution in [0.15, 0.2) is 67.1 Å². The summed E-state index contributed by atoms with van der Waals surface area (Å²) in [6.07, 6.45) is 0. The molecule has 2 aromatic carbocycles. The molecule has 0 spiro atoms. The van der Waals surface area contributed by atoms with Crippen LogP contribution in [0.2, 0.25) is 0 Å². The molecule has 1 N–H and O–H groups in total. The molecule has 0 aliphatic rings. The maximum absolute atomic E-state index is 11.7. The topological polar surface area (TPSA) is 50.4 Å². The molecule has 0 aliphatic heterocycles. The second-order valence-electron chi connectivity index (χ2n) is 4.49. The molecular weight excluding hydrogens is 352 g/mol. The van der Waals surface area contributed by atoms with Crippen molar-refractivity contribution in [3.63, 3.8) is 0 Å². The predicted molar refractivity (Wildman–Crippen MR) is 87.9 cm³/mol. The van der Waals surface area contributed by atoms with Crippen molar-refractivity contribution in [2.24, 2.45) is 0 Å². The summed E-state index contributed by atoms with van der Waals surface area (Å²) in [4.78, 5) is 12.4. The van der Waals surface area contributed by atoms with Crippen molar-refractivity contribution in [3.05, 3.63) is 69.0 Å².